The molecule has 7 heteroatoms. The molecule has 0 saturated carbocycles. The van der Waals surface area contributed by atoms with Crippen molar-refractivity contribution in [2.45, 2.75) is 31.5 Å². The number of benzene rings is 1. The summed E-state index contributed by atoms with van der Waals surface area (Å²) in [6.45, 7) is 4.79. The summed E-state index contributed by atoms with van der Waals surface area (Å²) in [7, 11) is 3.51. The van der Waals surface area contributed by atoms with E-state index in [4.69, 9.17) is 25.8 Å². The molecule has 1 aliphatic heterocycles. The van der Waals surface area contributed by atoms with Gasteiger partial charge in [0.05, 0.1) is 12.1 Å². The Morgan fingerprint density at radius 1 is 1.28 bits per heavy atom. The van der Waals surface area contributed by atoms with Crippen LogP contribution in [-0.2, 0) is 9.47 Å². The van der Waals surface area contributed by atoms with Crippen LogP contribution in [0.3, 0.4) is 0 Å². The van der Waals surface area contributed by atoms with Crippen molar-refractivity contribution < 1.29 is 14.2 Å². The quantitative estimate of drug-likeness (QED) is 0.571. The van der Waals surface area contributed by atoms with Gasteiger partial charge >= 0.3 is 0 Å². The Kier molecular flexibility index (Phi) is 7.81. The summed E-state index contributed by atoms with van der Waals surface area (Å²) in [5.41, 5.74) is -0.193. The Morgan fingerprint density at radius 3 is 2.56 bits per heavy atom. The van der Waals surface area contributed by atoms with Crippen LogP contribution in [0, 0.1) is 0 Å². The van der Waals surface area contributed by atoms with Gasteiger partial charge in [-0.2, -0.15) is 0 Å². The van der Waals surface area contributed by atoms with Gasteiger partial charge in [0.25, 0.3) is 0 Å². The van der Waals surface area contributed by atoms with E-state index in [9.17, 15) is 0 Å². The Balaban J connectivity index is 1.76. The largest absolute Gasteiger partial charge is 0.489 e. The maximum absolute atomic E-state index is 5.88. The fraction of sp³-hybridized carbons (Fsp3) is 0.611. The summed E-state index contributed by atoms with van der Waals surface area (Å²) < 4.78 is 17.0. The number of methoxy groups -OCH3 is 1. The second-order valence-electron chi connectivity index (χ2n) is 6.19. The van der Waals surface area contributed by atoms with Crippen LogP contribution in [0.1, 0.15) is 19.8 Å². The maximum Gasteiger partial charge on any atom is 0.191 e. The van der Waals surface area contributed by atoms with Gasteiger partial charge in [-0.15, -0.1) is 0 Å². The highest BCUT2D eigenvalue weighted by Gasteiger charge is 2.32. The molecular formula is C18H28ClN3O3. The number of guanidine groups is 1. The van der Waals surface area contributed by atoms with E-state index in [2.05, 4.69) is 15.6 Å². The topological polar surface area (TPSA) is 64.1 Å². The van der Waals surface area contributed by atoms with E-state index in [1.807, 2.05) is 31.2 Å². The lowest BCUT2D eigenvalue weighted by molar-refractivity contribution is -0.0855. The Hall–Kier alpha value is -1.50. The van der Waals surface area contributed by atoms with Crippen molar-refractivity contribution in [1.82, 2.24) is 10.6 Å². The number of halogens is 1. The molecule has 2 N–H and O–H groups in total. The molecule has 0 radical (unpaired) electrons. The first-order valence-corrected chi connectivity index (χ1v) is 8.94. The number of ether oxygens (including phenoxy) is 3. The second kappa shape index (κ2) is 9.85. The van der Waals surface area contributed by atoms with Crippen LogP contribution in [0.5, 0.6) is 5.75 Å². The van der Waals surface area contributed by atoms with Crippen LogP contribution in [0.2, 0.25) is 5.02 Å². The van der Waals surface area contributed by atoms with Crippen LogP contribution in [0.4, 0.5) is 0 Å². The van der Waals surface area contributed by atoms with Gasteiger partial charge < -0.3 is 24.8 Å². The van der Waals surface area contributed by atoms with Crippen molar-refractivity contribution in [2.75, 3.05) is 40.5 Å². The van der Waals surface area contributed by atoms with Crippen LogP contribution in [-0.4, -0.2) is 58.1 Å². The molecule has 0 aliphatic carbocycles. The lowest BCUT2D eigenvalue weighted by Gasteiger charge is -2.36. The van der Waals surface area contributed by atoms with Crippen molar-refractivity contribution in [3.63, 3.8) is 0 Å². The summed E-state index contributed by atoms with van der Waals surface area (Å²) in [4.78, 5) is 4.26. The number of hydrogen-bond donors (Lipinski definition) is 2. The minimum Gasteiger partial charge on any atom is -0.489 e. The van der Waals surface area contributed by atoms with Crippen LogP contribution in [0.25, 0.3) is 0 Å². The highest BCUT2D eigenvalue weighted by molar-refractivity contribution is 6.30. The monoisotopic (exact) mass is 369 g/mol. The molecule has 1 fully saturated rings. The van der Waals surface area contributed by atoms with E-state index < -0.39 is 0 Å². The molecule has 0 amide bonds. The third kappa shape index (κ3) is 6.38. The molecule has 1 aromatic rings. The van der Waals surface area contributed by atoms with Gasteiger partial charge in [-0.25, -0.2) is 0 Å². The maximum atomic E-state index is 5.88. The van der Waals surface area contributed by atoms with Crippen LogP contribution in [0.15, 0.2) is 29.3 Å². The molecule has 1 heterocycles. The number of nitrogens with zero attached hydrogens (tertiary/aromatic N) is 1. The van der Waals surface area contributed by atoms with Gasteiger partial charge in [-0.3, -0.25) is 4.99 Å². The molecule has 0 bridgehead atoms. The molecule has 6 nitrogen and oxygen atoms in total. The van der Waals surface area contributed by atoms with Gasteiger partial charge in [0.15, 0.2) is 5.96 Å². The summed E-state index contributed by atoms with van der Waals surface area (Å²) >= 11 is 5.88. The first kappa shape index (κ1) is 19.8. The zero-order valence-electron chi connectivity index (χ0n) is 15.2. The number of hydrogen-bond acceptors (Lipinski definition) is 4. The predicted octanol–water partition coefficient (Wildman–Crippen LogP) is 2.47. The average molecular weight is 370 g/mol. The number of aliphatic imine (C=N–C) groups is 1. The summed E-state index contributed by atoms with van der Waals surface area (Å²) in [5, 5.41) is 7.32. The molecule has 0 aromatic heterocycles. The third-order valence-electron chi connectivity index (χ3n) is 4.35. The Morgan fingerprint density at radius 2 is 1.96 bits per heavy atom. The fourth-order valence-corrected chi connectivity index (χ4v) is 2.82. The van der Waals surface area contributed by atoms with Crippen molar-refractivity contribution in [3.8, 4) is 5.75 Å². The van der Waals surface area contributed by atoms with Gasteiger partial charge in [0, 0.05) is 51.8 Å². The van der Waals surface area contributed by atoms with Crippen molar-refractivity contribution in [2.24, 2.45) is 4.99 Å². The Labute approximate surface area is 154 Å². The van der Waals surface area contributed by atoms with E-state index in [1.54, 1.807) is 14.2 Å². The molecule has 0 spiro atoms. The molecule has 25 heavy (non-hydrogen) atoms. The van der Waals surface area contributed by atoms with Gasteiger partial charge in [0.2, 0.25) is 0 Å². The van der Waals surface area contributed by atoms with E-state index in [1.165, 1.54) is 0 Å². The molecule has 2 rings (SSSR count). The van der Waals surface area contributed by atoms with Crippen molar-refractivity contribution in [3.05, 3.63) is 29.3 Å². The smallest absolute Gasteiger partial charge is 0.191 e. The highest BCUT2D eigenvalue weighted by atomic mass is 35.5. The lowest BCUT2D eigenvalue weighted by Crippen LogP contribution is -2.51. The molecule has 1 atom stereocenters. The molecular weight excluding hydrogens is 342 g/mol. The van der Waals surface area contributed by atoms with E-state index >= 15 is 0 Å². The zero-order chi connectivity index (χ0) is 18.1. The lowest BCUT2D eigenvalue weighted by atomic mass is 9.94. The number of rotatable bonds is 7. The molecule has 140 valence electrons. The fourth-order valence-electron chi connectivity index (χ4n) is 2.69. The summed E-state index contributed by atoms with van der Waals surface area (Å²) in [6, 6.07) is 7.35. The summed E-state index contributed by atoms with van der Waals surface area (Å²) in [5.74, 6) is 1.52. The molecule has 1 unspecified atom stereocenters. The van der Waals surface area contributed by atoms with E-state index in [-0.39, 0.29) is 11.7 Å². The summed E-state index contributed by atoms with van der Waals surface area (Å²) in [6.07, 6.45) is 1.74. The van der Waals surface area contributed by atoms with Gasteiger partial charge in [-0.1, -0.05) is 11.6 Å². The number of nitrogens with one attached hydrogen (secondary N) is 2. The SMILES string of the molecule is CN=C(NCC(C)Oc1ccc(Cl)cc1)NCC1(OC)CCOCC1. The first-order valence-electron chi connectivity index (χ1n) is 8.56. The normalized spacial score (nSPS) is 18.5. The average Bonchev–Trinajstić information content (AvgIpc) is 2.64. The Bertz CT molecular complexity index is 545. The standard InChI is InChI=1S/C18H28ClN3O3/c1-14(25-16-6-4-15(19)5-7-16)12-21-17(20-2)22-13-18(23-3)8-10-24-11-9-18/h4-7,14H,8-13H2,1-3H3,(H2,20,21,22). The minimum atomic E-state index is -0.193. The van der Waals surface area contributed by atoms with Crippen molar-refractivity contribution >= 4 is 17.6 Å². The van der Waals surface area contributed by atoms with E-state index in [0.717, 1.165) is 37.8 Å². The van der Waals surface area contributed by atoms with Gasteiger partial charge in [0.1, 0.15) is 11.9 Å². The third-order valence-corrected chi connectivity index (χ3v) is 4.60. The molecule has 1 aromatic carbocycles. The minimum absolute atomic E-state index is 0.0146. The molecule has 1 saturated heterocycles. The van der Waals surface area contributed by atoms with Crippen LogP contribution < -0.4 is 15.4 Å². The highest BCUT2D eigenvalue weighted by Crippen LogP contribution is 2.23. The van der Waals surface area contributed by atoms with Crippen molar-refractivity contribution in [1.29, 1.82) is 0 Å². The predicted molar refractivity (Wildman–Crippen MR) is 101 cm³/mol. The van der Waals surface area contributed by atoms with Gasteiger partial charge in [-0.05, 0) is 31.2 Å². The first-order chi connectivity index (χ1) is 12.1. The van der Waals surface area contributed by atoms with Crippen LogP contribution >= 0.6 is 11.6 Å². The zero-order valence-corrected chi connectivity index (χ0v) is 15.9. The second-order valence-corrected chi connectivity index (χ2v) is 6.63. The van der Waals surface area contributed by atoms with E-state index in [0.29, 0.717) is 18.1 Å². The molecule has 1 aliphatic rings.